The minimum Gasteiger partial charge on any atom is -0.312 e. The molecule has 0 atom stereocenters. The van der Waals surface area contributed by atoms with Crippen LogP contribution < -0.4 is 5.32 Å². The molecule has 1 heterocycles. The number of hydrogen-bond acceptors (Lipinski definition) is 3. The Labute approximate surface area is 95.1 Å². The van der Waals surface area contributed by atoms with Crippen molar-refractivity contribution in [3.63, 3.8) is 0 Å². The van der Waals surface area contributed by atoms with E-state index in [4.69, 9.17) is 0 Å². The number of hydrogen-bond donors (Lipinski definition) is 2. The van der Waals surface area contributed by atoms with Gasteiger partial charge in [-0.1, -0.05) is 29.8 Å². The van der Waals surface area contributed by atoms with Gasteiger partial charge in [-0.15, -0.1) is 0 Å². The summed E-state index contributed by atoms with van der Waals surface area (Å²) in [6.45, 7) is 3.90. The van der Waals surface area contributed by atoms with Gasteiger partial charge in [-0.05, 0) is 12.5 Å². The van der Waals surface area contributed by atoms with E-state index >= 15 is 0 Å². The monoisotopic (exact) mass is 216 g/mol. The predicted molar refractivity (Wildman–Crippen MR) is 63.0 cm³/mol. The second-order valence-electron chi connectivity index (χ2n) is 3.84. The summed E-state index contributed by atoms with van der Waals surface area (Å²) in [5.74, 6) is 0.927. The first kappa shape index (κ1) is 10.8. The number of H-pyrrole nitrogens is 1. The number of nitrogens with zero attached hydrogens (tertiary/aromatic N) is 2. The quantitative estimate of drug-likeness (QED) is 0.744. The second kappa shape index (κ2) is 5.42. The first-order valence-electron chi connectivity index (χ1n) is 5.45. The van der Waals surface area contributed by atoms with Gasteiger partial charge in [0, 0.05) is 19.5 Å². The zero-order valence-corrected chi connectivity index (χ0v) is 9.40. The maximum Gasteiger partial charge on any atom is 0.137 e. The van der Waals surface area contributed by atoms with Crippen molar-refractivity contribution in [2.24, 2.45) is 0 Å². The van der Waals surface area contributed by atoms with Crippen LogP contribution in [0.5, 0.6) is 0 Å². The van der Waals surface area contributed by atoms with Crippen LogP contribution in [0.15, 0.2) is 30.6 Å². The highest BCUT2D eigenvalue weighted by Gasteiger charge is 1.95. The molecule has 4 heteroatoms. The summed E-state index contributed by atoms with van der Waals surface area (Å²) in [7, 11) is 0. The predicted octanol–water partition coefficient (Wildman–Crippen LogP) is 1.45. The van der Waals surface area contributed by atoms with Gasteiger partial charge in [0.05, 0.1) is 0 Å². The number of aryl methyl sites for hydroxylation is 1. The van der Waals surface area contributed by atoms with Gasteiger partial charge in [0.15, 0.2) is 0 Å². The maximum atomic E-state index is 4.07. The van der Waals surface area contributed by atoms with Crippen molar-refractivity contribution in [3.05, 3.63) is 47.5 Å². The van der Waals surface area contributed by atoms with E-state index in [1.54, 1.807) is 0 Å². The van der Waals surface area contributed by atoms with E-state index in [1.807, 2.05) is 0 Å². The molecule has 1 aromatic carbocycles. The van der Waals surface area contributed by atoms with Crippen molar-refractivity contribution in [2.45, 2.75) is 19.9 Å². The van der Waals surface area contributed by atoms with Crippen molar-refractivity contribution >= 4 is 0 Å². The lowest BCUT2D eigenvalue weighted by Crippen LogP contribution is -2.17. The number of rotatable bonds is 5. The molecule has 0 bridgehead atoms. The van der Waals surface area contributed by atoms with E-state index < -0.39 is 0 Å². The highest BCUT2D eigenvalue weighted by atomic mass is 15.2. The fourth-order valence-electron chi connectivity index (χ4n) is 1.50. The summed E-state index contributed by atoms with van der Waals surface area (Å²) in [5, 5.41) is 10.0. The Kier molecular flexibility index (Phi) is 3.66. The van der Waals surface area contributed by atoms with Crippen LogP contribution in [-0.4, -0.2) is 21.7 Å². The summed E-state index contributed by atoms with van der Waals surface area (Å²) < 4.78 is 0. The van der Waals surface area contributed by atoms with Gasteiger partial charge in [0.1, 0.15) is 12.2 Å². The Morgan fingerprint density at radius 1 is 1.25 bits per heavy atom. The van der Waals surface area contributed by atoms with E-state index in [9.17, 15) is 0 Å². The van der Waals surface area contributed by atoms with Crippen LogP contribution in [-0.2, 0) is 13.0 Å². The first-order valence-corrected chi connectivity index (χ1v) is 5.45. The molecule has 0 saturated heterocycles. The highest BCUT2D eigenvalue weighted by molar-refractivity contribution is 5.21. The standard InChI is InChI=1S/C12H16N4/c1-10-2-4-11(5-3-10)8-13-7-6-12-14-9-15-16-12/h2-5,9,13H,6-8H2,1H3,(H,14,15,16). The smallest absolute Gasteiger partial charge is 0.137 e. The van der Waals surface area contributed by atoms with Crippen LogP contribution in [0.25, 0.3) is 0 Å². The first-order chi connectivity index (χ1) is 7.84. The fourth-order valence-corrected chi connectivity index (χ4v) is 1.50. The molecule has 1 aromatic heterocycles. The number of aromatic amines is 1. The van der Waals surface area contributed by atoms with Crippen LogP contribution in [0.4, 0.5) is 0 Å². The highest BCUT2D eigenvalue weighted by Crippen LogP contribution is 2.02. The van der Waals surface area contributed by atoms with Crippen LogP contribution in [0.3, 0.4) is 0 Å². The molecule has 84 valence electrons. The minimum atomic E-state index is 0.881. The van der Waals surface area contributed by atoms with Gasteiger partial charge in [-0.25, -0.2) is 4.98 Å². The van der Waals surface area contributed by atoms with Gasteiger partial charge in [0.25, 0.3) is 0 Å². The zero-order valence-electron chi connectivity index (χ0n) is 9.40. The molecule has 0 fully saturated rings. The van der Waals surface area contributed by atoms with Gasteiger partial charge >= 0.3 is 0 Å². The molecule has 0 amide bonds. The van der Waals surface area contributed by atoms with Crippen molar-refractivity contribution in [1.29, 1.82) is 0 Å². The molecule has 0 aliphatic rings. The summed E-state index contributed by atoms with van der Waals surface area (Å²) in [4.78, 5) is 4.07. The Morgan fingerprint density at radius 2 is 2.06 bits per heavy atom. The average Bonchev–Trinajstić information content (AvgIpc) is 2.80. The molecule has 0 saturated carbocycles. The topological polar surface area (TPSA) is 53.6 Å². The Hall–Kier alpha value is -1.68. The molecular formula is C12H16N4. The largest absolute Gasteiger partial charge is 0.312 e. The Bertz CT molecular complexity index is 405. The zero-order chi connectivity index (χ0) is 11.2. The number of aromatic nitrogens is 3. The van der Waals surface area contributed by atoms with Crippen LogP contribution in [0, 0.1) is 6.92 Å². The average molecular weight is 216 g/mol. The minimum absolute atomic E-state index is 0.881. The van der Waals surface area contributed by atoms with Gasteiger partial charge in [0.2, 0.25) is 0 Å². The molecule has 0 aliphatic carbocycles. The van der Waals surface area contributed by atoms with Crippen LogP contribution >= 0.6 is 0 Å². The summed E-state index contributed by atoms with van der Waals surface area (Å²) in [6.07, 6.45) is 2.42. The second-order valence-corrected chi connectivity index (χ2v) is 3.84. The molecule has 16 heavy (non-hydrogen) atoms. The van der Waals surface area contributed by atoms with Crippen molar-refractivity contribution in [1.82, 2.24) is 20.5 Å². The summed E-state index contributed by atoms with van der Waals surface area (Å²) >= 11 is 0. The lowest BCUT2D eigenvalue weighted by atomic mass is 10.1. The normalized spacial score (nSPS) is 10.6. The Balaban J connectivity index is 1.70. The van der Waals surface area contributed by atoms with Gasteiger partial charge < -0.3 is 5.32 Å². The maximum absolute atomic E-state index is 4.07. The molecule has 2 aromatic rings. The van der Waals surface area contributed by atoms with Gasteiger partial charge in [-0.2, -0.15) is 5.10 Å². The molecule has 0 radical (unpaired) electrons. The van der Waals surface area contributed by atoms with Crippen LogP contribution in [0.1, 0.15) is 17.0 Å². The van der Waals surface area contributed by atoms with Crippen molar-refractivity contribution < 1.29 is 0 Å². The Morgan fingerprint density at radius 3 is 2.75 bits per heavy atom. The van der Waals surface area contributed by atoms with Crippen molar-refractivity contribution in [3.8, 4) is 0 Å². The third-order valence-corrected chi connectivity index (χ3v) is 2.45. The lowest BCUT2D eigenvalue weighted by molar-refractivity contribution is 0.671. The third kappa shape index (κ3) is 3.17. The summed E-state index contributed by atoms with van der Waals surface area (Å²) in [5.41, 5.74) is 2.61. The molecule has 2 rings (SSSR count). The van der Waals surface area contributed by atoms with E-state index in [-0.39, 0.29) is 0 Å². The van der Waals surface area contributed by atoms with Crippen molar-refractivity contribution in [2.75, 3.05) is 6.54 Å². The number of benzene rings is 1. The molecule has 0 spiro atoms. The molecule has 0 unspecified atom stereocenters. The third-order valence-electron chi connectivity index (χ3n) is 2.45. The summed E-state index contributed by atoms with van der Waals surface area (Å²) in [6, 6.07) is 8.56. The van der Waals surface area contributed by atoms with E-state index in [0.29, 0.717) is 0 Å². The number of nitrogens with one attached hydrogen (secondary N) is 2. The van der Waals surface area contributed by atoms with E-state index in [0.717, 1.165) is 25.3 Å². The SMILES string of the molecule is Cc1ccc(CNCCc2ncn[nH]2)cc1. The molecule has 2 N–H and O–H groups in total. The molecular weight excluding hydrogens is 200 g/mol. The van der Waals surface area contributed by atoms with E-state index in [2.05, 4.69) is 51.7 Å². The molecule has 4 nitrogen and oxygen atoms in total. The van der Waals surface area contributed by atoms with Crippen LogP contribution in [0.2, 0.25) is 0 Å². The van der Waals surface area contributed by atoms with Gasteiger partial charge in [-0.3, -0.25) is 5.10 Å². The fraction of sp³-hybridized carbons (Fsp3) is 0.333. The lowest BCUT2D eigenvalue weighted by Gasteiger charge is -2.03. The van der Waals surface area contributed by atoms with E-state index in [1.165, 1.54) is 17.5 Å². The molecule has 0 aliphatic heterocycles.